The summed E-state index contributed by atoms with van der Waals surface area (Å²) >= 11 is 0. The Morgan fingerprint density at radius 1 is 1.67 bits per heavy atom. The molecule has 1 heterocycles. The quantitative estimate of drug-likeness (QED) is 0.689. The fourth-order valence-corrected chi connectivity index (χ4v) is 1.52. The maximum absolute atomic E-state index is 11.5. The van der Waals surface area contributed by atoms with E-state index < -0.39 is 6.09 Å². The molecule has 1 fully saturated rings. The molecule has 15 heavy (non-hydrogen) atoms. The second kappa shape index (κ2) is 5.20. The molecule has 0 aliphatic carbocycles. The first-order chi connectivity index (χ1) is 7.19. The number of amides is 2. The number of hydrogen-bond donors (Lipinski definition) is 1. The van der Waals surface area contributed by atoms with Gasteiger partial charge in [0.05, 0.1) is 13.2 Å². The number of rotatable bonds is 2. The van der Waals surface area contributed by atoms with Gasteiger partial charge in [0.2, 0.25) is 5.91 Å². The molecule has 1 saturated heterocycles. The van der Waals surface area contributed by atoms with Gasteiger partial charge in [0.25, 0.3) is 0 Å². The Morgan fingerprint density at radius 2 is 2.40 bits per heavy atom. The Morgan fingerprint density at radius 3 is 3.00 bits per heavy atom. The first-order valence-corrected chi connectivity index (χ1v) is 4.70. The molecule has 0 aromatic carbocycles. The number of nitriles is 1. The number of nitrogens with zero attached hydrogens (tertiary/aromatic N) is 2. The van der Waals surface area contributed by atoms with Gasteiger partial charge in [0, 0.05) is 6.54 Å². The molecule has 1 rings (SSSR count). The van der Waals surface area contributed by atoms with Crippen LogP contribution in [0, 0.1) is 11.3 Å². The smallest absolute Gasteiger partial charge is 0.407 e. The normalized spacial score (nSPS) is 19.5. The molecule has 82 valence electrons. The molecule has 0 aromatic rings. The number of carbonyl (C=O) groups is 2. The van der Waals surface area contributed by atoms with Crippen LogP contribution >= 0.6 is 0 Å². The van der Waals surface area contributed by atoms with Gasteiger partial charge in [-0.3, -0.25) is 4.79 Å². The van der Waals surface area contributed by atoms with Crippen LogP contribution in [-0.2, 0) is 9.53 Å². The molecule has 0 radical (unpaired) electrons. The van der Waals surface area contributed by atoms with Crippen LogP contribution in [0.15, 0.2) is 0 Å². The lowest BCUT2D eigenvalue weighted by molar-refractivity contribution is -0.130. The van der Waals surface area contributed by atoms with Gasteiger partial charge in [-0.05, 0) is 12.8 Å². The van der Waals surface area contributed by atoms with E-state index in [-0.39, 0.29) is 18.5 Å². The summed E-state index contributed by atoms with van der Waals surface area (Å²) in [7, 11) is 1.23. The van der Waals surface area contributed by atoms with E-state index in [1.807, 2.05) is 0 Å². The largest absolute Gasteiger partial charge is 0.453 e. The van der Waals surface area contributed by atoms with Crippen LogP contribution in [0.5, 0.6) is 0 Å². The van der Waals surface area contributed by atoms with Gasteiger partial charge in [-0.25, -0.2) is 4.79 Å². The number of nitrogens with one attached hydrogen (secondary N) is 1. The highest BCUT2D eigenvalue weighted by atomic mass is 16.5. The third kappa shape index (κ3) is 2.84. The molecule has 2 amide bonds. The van der Waals surface area contributed by atoms with Gasteiger partial charge < -0.3 is 15.0 Å². The second-order valence-electron chi connectivity index (χ2n) is 3.22. The van der Waals surface area contributed by atoms with Crippen LogP contribution in [-0.4, -0.2) is 43.1 Å². The Hall–Kier alpha value is -1.77. The molecule has 1 atom stereocenters. The number of ether oxygens (including phenoxy) is 1. The zero-order chi connectivity index (χ0) is 11.3. The second-order valence-corrected chi connectivity index (χ2v) is 3.22. The van der Waals surface area contributed by atoms with E-state index >= 15 is 0 Å². The van der Waals surface area contributed by atoms with Gasteiger partial charge in [0.1, 0.15) is 12.6 Å². The van der Waals surface area contributed by atoms with Crippen LogP contribution in [0.3, 0.4) is 0 Å². The van der Waals surface area contributed by atoms with Crippen LogP contribution in [0.1, 0.15) is 12.8 Å². The van der Waals surface area contributed by atoms with Crippen molar-refractivity contribution in [2.75, 3.05) is 20.2 Å². The minimum absolute atomic E-state index is 0.120. The Kier molecular flexibility index (Phi) is 3.92. The van der Waals surface area contributed by atoms with E-state index in [4.69, 9.17) is 5.26 Å². The molecular weight excluding hydrogens is 198 g/mol. The minimum atomic E-state index is -0.643. The van der Waals surface area contributed by atoms with Crippen molar-refractivity contribution in [1.82, 2.24) is 10.2 Å². The highest BCUT2D eigenvalue weighted by Gasteiger charge is 2.28. The molecule has 0 saturated carbocycles. The monoisotopic (exact) mass is 211 g/mol. The fraction of sp³-hybridized carbons (Fsp3) is 0.667. The molecule has 6 heteroatoms. The lowest BCUT2D eigenvalue weighted by atomic mass is 10.2. The van der Waals surface area contributed by atoms with Gasteiger partial charge in [-0.15, -0.1) is 0 Å². The number of methoxy groups -OCH3 is 1. The van der Waals surface area contributed by atoms with E-state index in [1.54, 1.807) is 0 Å². The van der Waals surface area contributed by atoms with Crippen molar-refractivity contribution < 1.29 is 14.3 Å². The zero-order valence-electron chi connectivity index (χ0n) is 8.52. The Bertz CT molecular complexity index is 297. The maximum atomic E-state index is 11.5. The Labute approximate surface area is 87.8 Å². The fourth-order valence-electron chi connectivity index (χ4n) is 1.52. The molecule has 1 aliphatic rings. The van der Waals surface area contributed by atoms with Crippen molar-refractivity contribution in [3.63, 3.8) is 0 Å². The molecule has 1 aliphatic heterocycles. The van der Waals surface area contributed by atoms with Crippen molar-refractivity contribution in [2.24, 2.45) is 0 Å². The number of carbonyl (C=O) groups excluding carboxylic acids is 2. The maximum Gasteiger partial charge on any atom is 0.407 e. The minimum Gasteiger partial charge on any atom is -0.453 e. The van der Waals surface area contributed by atoms with Crippen molar-refractivity contribution in [3.05, 3.63) is 0 Å². The highest BCUT2D eigenvalue weighted by molar-refractivity contribution is 5.82. The number of hydrogen-bond acceptors (Lipinski definition) is 4. The van der Waals surface area contributed by atoms with Crippen LogP contribution in [0.2, 0.25) is 0 Å². The highest BCUT2D eigenvalue weighted by Crippen LogP contribution is 2.15. The lowest BCUT2D eigenvalue weighted by Crippen LogP contribution is -2.42. The van der Waals surface area contributed by atoms with E-state index in [9.17, 15) is 9.59 Å². The number of likely N-dealkylation sites (tertiary alicyclic amines) is 1. The molecule has 6 nitrogen and oxygen atoms in total. The van der Waals surface area contributed by atoms with E-state index in [1.165, 1.54) is 12.0 Å². The average Bonchev–Trinajstić information content (AvgIpc) is 2.73. The summed E-state index contributed by atoms with van der Waals surface area (Å²) in [5.41, 5.74) is 0. The lowest BCUT2D eigenvalue weighted by Gasteiger charge is -2.19. The standard InChI is InChI=1S/C9H13N3O3/c1-15-9(14)11-6-8(13)12-4-2-3-7(12)5-10/h7H,2-4,6H2,1H3,(H,11,14). The summed E-state index contributed by atoms with van der Waals surface area (Å²) in [5, 5.41) is 11.0. The molecule has 1 N–H and O–H groups in total. The van der Waals surface area contributed by atoms with E-state index in [0.717, 1.165) is 6.42 Å². The summed E-state index contributed by atoms with van der Waals surface area (Å²) in [6, 6.07) is 1.71. The average molecular weight is 211 g/mol. The van der Waals surface area contributed by atoms with Crippen molar-refractivity contribution in [2.45, 2.75) is 18.9 Å². The SMILES string of the molecule is COC(=O)NCC(=O)N1CCCC1C#N. The summed E-state index contributed by atoms with van der Waals surface area (Å²) in [4.78, 5) is 23.7. The summed E-state index contributed by atoms with van der Waals surface area (Å²) in [6.45, 7) is 0.463. The van der Waals surface area contributed by atoms with Gasteiger partial charge in [0.15, 0.2) is 0 Å². The van der Waals surface area contributed by atoms with Gasteiger partial charge >= 0.3 is 6.09 Å². The topological polar surface area (TPSA) is 82.4 Å². The molecule has 0 spiro atoms. The van der Waals surface area contributed by atoms with Crippen LogP contribution in [0.25, 0.3) is 0 Å². The zero-order valence-corrected chi connectivity index (χ0v) is 8.52. The third-order valence-corrected chi connectivity index (χ3v) is 2.29. The summed E-state index contributed by atoms with van der Waals surface area (Å²) < 4.78 is 4.33. The van der Waals surface area contributed by atoms with Crippen molar-refractivity contribution in [3.8, 4) is 6.07 Å². The first-order valence-electron chi connectivity index (χ1n) is 4.70. The van der Waals surface area contributed by atoms with E-state index in [0.29, 0.717) is 13.0 Å². The van der Waals surface area contributed by atoms with Gasteiger partial charge in [-0.1, -0.05) is 0 Å². The van der Waals surface area contributed by atoms with E-state index in [2.05, 4.69) is 16.1 Å². The third-order valence-electron chi connectivity index (χ3n) is 2.29. The molecule has 0 bridgehead atoms. The van der Waals surface area contributed by atoms with Gasteiger partial charge in [-0.2, -0.15) is 5.26 Å². The first kappa shape index (κ1) is 11.3. The predicted octanol–water partition coefficient (Wildman–Crippen LogP) is -0.143. The molecular formula is C9H13N3O3. The number of alkyl carbamates (subject to hydrolysis) is 1. The molecule has 1 unspecified atom stereocenters. The van der Waals surface area contributed by atoms with Crippen molar-refractivity contribution in [1.29, 1.82) is 5.26 Å². The predicted molar refractivity (Wildman–Crippen MR) is 50.8 cm³/mol. The summed E-state index contributed by atoms with van der Waals surface area (Å²) in [5.74, 6) is -0.246. The van der Waals surface area contributed by atoms with Crippen molar-refractivity contribution >= 4 is 12.0 Å². The van der Waals surface area contributed by atoms with Crippen LogP contribution < -0.4 is 5.32 Å². The molecule has 0 aromatic heterocycles. The van der Waals surface area contributed by atoms with Crippen LogP contribution in [0.4, 0.5) is 4.79 Å². The Balaban J connectivity index is 2.40. The summed E-state index contributed by atoms with van der Waals surface area (Å²) in [6.07, 6.45) is 0.902.